The zero-order chi connectivity index (χ0) is 24.6. The second-order valence-corrected chi connectivity index (χ2v) is 8.28. The van der Waals surface area contributed by atoms with Gasteiger partial charge in [0, 0.05) is 16.3 Å². The number of carbonyl (C=O) groups excluding carboxylic acids is 3. The van der Waals surface area contributed by atoms with Crippen LogP contribution in [0.2, 0.25) is 10.0 Å². The van der Waals surface area contributed by atoms with Gasteiger partial charge in [0.1, 0.15) is 22.3 Å². The van der Waals surface area contributed by atoms with Gasteiger partial charge >= 0.3 is 0 Å². The molecule has 1 heterocycles. The SMILES string of the molecule is O=C(Nc1cc(Cl)ccc1O)c1cccc(NC2=C(Cl)C(=O)N(c3ccc(F)c(Cl)c3)C2=O)c1. The van der Waals surface area contributed by atoms with Crippen molar-refractivity contribution >= 4 is 69.6 Å². The van der Waals surface area contributed by atoms with Crippen molar-refractivity contribution in [3.63, 3.8) is 0 Å². The number of hydrogen-bond acceptors (Lipinski definition) is 5. The largest absolute Gasteiger partial charge is 0.506 e. The number of phenols is 1. The number of nitrogens with one attached hydrogen (secondary N) is 2. The number of amides is 3. The molecule has 0 fully saturated rings. The molecule has 0 bridgehead atoms. The molecular weight excluding hydrogens is 508 g/mol. The van der Waals surface area contributed by atoms with Crippen molar-refractivity contribution < 1.29 is 23.9 Å². The lowest BCUT2D eigenvalue weighted by Crippen LogP contribution is -2.32. The second-order valence-electron chi connectivity index (χ2n) is 7.05. The lowest BCUT2D eigenvalue weighted by Gasteiger charge is -2.15. The highest BCUT2D eigenvalue weighted by Crippen LogP contribution is 2.32. The van der Waals surface area contributed by atoms with Gasteiger partial charge in [-0.1, -0.05) is 40.9 Å². The zero-order valence-corrected chi connectivity index (χ0v) is 19.2. The molecule has 0 unspecified atom stereocenters. The molecule has 3 amide bonds. The quantitative estimate of drug-likeness (QED) is 0.304. The summed E-state index contributed by atoms with van der Waals surface area (Å²) in [6.07, 6.45) is 0. The molecule has 11 heteroatoms. The summed E-state index contributed by atoms with van der Waals surface area (Å²) in [5.41, 5.74) is 0.408. The molecule has 0 radical (unpaired) electrons. The van der Waals surface area contributed by atoms with E-state index in [4.69, 9.17) is 34.8 Å². The second kappa shape index (κ2) is 9.34. The molecule has 172 valence electrons. The van der Waals surface area contributed by atoms with Crippen molar-refractivity contribution in [2.45, 2.75) is 0 Å². The van der Waals surface area contributed by atoms with Crippen LogP contribution >= 0.6 is 34.8 Å². The highest BCUT2D eigenvalue weighted by Gasteiger charge is 2.39. The number of benzene rings is 3. The van der Waals surface area contributed by atoms with Crippen molar-refractivity contribution in [3.8, 4) is 5.75 Å². The van der Waals surface area contributed by atoms with E-state index in [2.05, 4.69) is 10.6 Å². The first-order chi connectivity index (χ1) is 16.2. The van der Waals surface area contributed by atoms with E-state index in [1.807, 2.05) is 0 Å². The fraction of sp³-hybridized carbons (Fsp3) is 0. The van der Waals surface area contributed by atoms with Gasteiger partial charge in [0.05, 0.1) is 16.4 Å². The fourth-order valence-corrected chi connectivity index (χ4v) is 3.71. The number of aromatic hydroxyl groups is 1. The van der Waals surface area contributed by atoms with Gasteiger partial charge in [0.15, 0.2) is 0 Å². The van der Waals surface area contributed by atoms with Gasteiger partial charge in [0.2, 0.25) is 0 Å². The molecule has 3 aromatic rings. The number of halogens is 4. The van der Waals surface area contributed by atoms with Crippen molar-refractivity contribution in [1.82, 2.24) is 0 Å². The van der Waals surface area contributed by atoms with E-state index in [0.717, 1.165) is 17.0 Å². The number of anilines is 3. The molecule has 4 rings (SSSR count). The molecule has 0 saturated heterocycles. The van der Waals surface area contributed by atoms with Crippen molar-refractivity contribution in [3.05, 3.63) is 92.8 Å². The monoisotopic (exact) mass is 519 g/mol. The van der Waals surface area contributed by atoms with E-state index < -0.39 is 23.5 Å². The summed E-state index contributed by atoms with van der Waals surface area (Å²) in [4.78, 5) is 38.9. The Balaban J connectivity index is 1.56. The van der Waals surface area contributed by atoms with Gasteiger partial charge in [-0.05, 0) is 54.6 Å². The Hall–Kier alpha value is -3.59. The minimum absolute atomic E-state index is 0.0470. The Morgan fingerprint density at radius 3 is 2.44 bits per heavy atom. The van der Waals surface area contributed by atoms with Gasteiger partial charge in [-0.25, -0.2) is 9.29 Å². The maximum atomic E-state index is 13.5. The van der Waals surface area contributed by atoms with Crippen LogP contribution in [0.15, 0.2) is 71.4 Å². The van der Waals surface area contributed by atoms with E-state index in [0.29, 0.717) is 5.02 Å². The maximum Gasteiger partial charge on any atom is 0.283 e. The van der Waals surface area contributed by atoms with Crippen LogP contribution in [0.3, 0.4) is 0 Å². The van der Waals surface area contributed by atoms with E-state index in [9.17, 15) is 23.9 Å². The Bertz CT molecular complexity index is 1390. The summed E-state index contributed by atoms with van der Waals surface area (Å²) in [6.45, 7) is 0. The van der Waals surface area contributed by atoms with Crippen LogP contribution in [0.25, 0.3) is 0 Å². The van der Waals surface area contributed by atoms with Gasteiger partial charge < -0.3 is 15.7 Å². The van der Waals surface area contributed by atoms with Gasteiger partial charge in [-0.15, -0.1) is 0 Å². The van der Waals surface area contributed by atoms with Crippen molar-refractivity contribution in [2.24, 2.45) is 0 Å². The minimum Gasteiger partial charge on any atom is -0.506 e. The number of phenolic OH excluding ortho intramolecular Hbond substituents is 1. The van der Waals surface area contributed by atoms with E-state index in [1.165, 1.54) is 36.4 Å². The molecule has 3 aromatic carbocycles. The lowest BCUT2D eigenvalue weighted by atomic mass is 10.1. The summed E-state index contributed by atoms with van der Waals surface area (Å²) in [5.74, 6) is -3.03. The Morgan fingerprint density at radius 1 is 0.941 bits per heavy atom. The smallest absolute Gasteiger partial charge is 0.283 e. The summed E-state index contributed by atoms with van der Waals surface area (Å²) < 4.78 is 13.5. The molecule has 0 atom stereocenters. The van der Waals surface area contributed by atoms with E-state index in [1.54, 1.807) is 12.1 Å². The van der Waals surface area contributed by atoms with E-state index >= 15 is 0 Å². The molecule has 7 nitrogen and oxygen atoms in total. The molecule has 1 aliphatic heterocycles. The topological polar surface area (TPSA) is 98.7 Å². The normalized spacial score (nSPS) is 13.5. The first-order valence-corrected chi connectivity index (χ1v) is 10.7. The van der Waals surface area contributed by atoms with Crippen molar-refractivity contribution in [1.29, 1.82) is 0 Å². The van der Waals surface area contributed by atoms with Gasteiger partial charge in [-0.2, -0.15) is 0 Å². The third kappa shape index (κ3) is 4.56. The van der Waals surface area contributed by atoms with Crippen molar-refractivity contribution in [2.75, 3.05) is 15.5 Å². The van der Waals surface area contributed by atoms with Crippen LogP contribution in [-0.2, 0) is 9.59 Å². The predicted octanol–water partition coefficient (Wildman–Crippen LogP) is 5.53. The van der Waals surface area contributed by atoms with Crippen LogP contribution in [-0.4, -0.2) is 22.8 Å². The third-order valence-electron chi connectivity index (χ3n) is 4.79. The van der Waals surface area contributed by atoms with Crippen LogP contribution in [0.1, 0.15) is 10.4 Å². The first kappa shape index (κ1) is 23.6. The van der Waals surface area contributed by atoms with Crippen LogP contribution < -0.4 is 15.5 Å². The molecule has 1 aliphatic rings. The summed E-state index contributed by atoms with van der Waals surface area (Å²) in [5, 5.41) is 14.9. The highest BCUT2D eigenvalue weighted by molar-refractivity contribution is 6.53. The predicted molar refractivity (Wildman–Crippen MR) is 128 cm³/mol. The summed E-state index contributed by atoms with van der Waals surface area (Å²) in [7, 11) is 0. The lowest BCUT2D eigenvalue weighted by molar-refractivity contribution is -0.120. The molecule has 3 N–H and O–H groups in total. The van der Waals surface area contributed by atoms with Crippen LogP contribution in [0, 0.1) is 5.82 Å². The molecule has 0 aliphatic carbocycles. The minimum atomic E-state index is -0.817. The number of rotatable bonds is 5. The number of imide groups is 1. The summed E-state index contributed by atoms with van der Waals surface area (Å²) >= 11 is 17.8. The Kier molecular flexibility index (Phi) is 6.47. The molecule has 0 aromatic heterocycles. The number of hydrogen-bond donors (Lipinski definition) is 3. The van der Waals surface area contributed by atoms with Crippen LogP contribution in [0.5, 0.6) is 5.75 Å². The molecule has 0 saturated carbocycles. The molecule has 0 spiro atoms. The van der Waals surface area contributed by atoms with Gasteiger partial charge in [0.25, 0.3) is 17.7 Å². The molecule has 34 heavy (non-hydrogen) atoms. The number of nitrogens with zero attached hydrogens (tertiary/aromatic N) is 1. The Morgan fingerprint density at radius 2 is 1.71 bits per heavy atom. The average molecular weight is 521 g/mol. The maximum absolute atomic E-state index is 13.5. The fourth-order valence-electron chi connectivity index (χ4n) is 3.16. The Labute approximate surface area is 207 Å². The highest BCUT2D eigenvalue weighted by atomic mass is 35.5. The first-order valence-electron chi connectivity index (χ1n) is 9.56. The van der Waals surface area contributed by atoms with E-state index in [-0.39, 0.29) is 44.1 Å². The molecular formula is C23H13Cl3FN3O4. The van der Waals surface area contributed by atoms with Gasteiger partial charge in [-0.3, -0.25) is 14.4 Å². The number of carbonyl (C=O) groups is 3. The van der Waals surface area contributed by atoms with Crippen LogP contribution in [0.4, 0.5) is 21.5 Å². The third-order valence-corrected chi connectivity index (χ3v) is 5.66. The summed E-state index contributed by atoms with van der Waals surface area (Å²) in [6, 6.07) is 13.6. The average Bonchev–Trinajstić information content (AvgIpc) is 3.01. The standard InChI is InChI=1S/C23H13Cl3FN3O4/c24-12-4-7-18(31)17(9-12)29-21(32)11-2-1-3-13(8-11)28-20-19(26)22(33)30(23(20)34)14-5-6-16(27)15(25)10-14/h1-10,28,31H,(H,29,32). The zero-order valence-electron chi connectivity index (χ0n) is 16.9.